The molecule has 0 fully saturated rings. The summed E-state index contributed by atoms with van der Waals surface area (Å²) in [5, 5.41) is 3.06. The van der Waals surface area contributed by atoms with Gasteiger partial charge in [0.25, 0.3) is 0 Å². The molecule has 0 radical (unpaired) electrons. The SMILES string of the molecule is CNC(Cc1nccn1C)c1cc(C)c(F)cc1F. The minimum Gasteiger partial charge on any atom is -0.338 e. The van der Waals surface area contributed by atoms with Gasteiger partial charge < -0.3 is 9.88 Å². The number of hydrogen-bond donors (Lipinski definition) is 1. The van der Waals surface area contributed by atoms with Crippen LogP contribution in [0.1, 0.15) is 23.0 Å². The van der Waals surface area contributed by atoms with E-state index in [2.05, 4.69) is 10.3 Å². The van der Waals surface area contributed by atoms with E-state index in [1.165, 1.54) is 0 Å². The van der Waals surface area contributed by atoms with Gasteiger partial charge in [-0.2, -0.15) is 0 Å². The second-order valence-electron chi connectivity index (χ2n) is 4.62. The van der Waals surface area contributed by atoms with Crippen LogP contribution < -0.4 is 5.32 Å². The Balaban J connectivity index is 2.32. The molecule has 0 aliphatic carbocycles. The molecule has 2 aromatic rings. The number of benzene rings is 1. The molecule has 1 aromatic heterocycles. The Labute approximate surface area is 111 Å². The van der Waals surface area contributed by atoms with Gasteiger partial charge in [-0.1, -0.05) is 0 Å². The van der Waals surface area contributed by atoms with Gasteiger partial charge in [0.2, 0.25) is 0 Å². The van der Waals surface area contributed by atoms with E-state index in [4.69, 9.17) is 0 Å². The molecule has 0 saturated carbocycles. The number of imidazole rings is 1. The molecular weight excluding hydrogens is 248 g/mol. The molecule has 0 saturated heterocycles. The van der Waals surface area contributed by atoms with Crippen molar-refractivity contribution >= 4 is 0 Å². The van der Waals surface area contributed by atoms with Crippen LogP contribution in [-0.2, 0) is 13.5 Å². The van der Waals surface area contributed by atoms with Gasteiger partial charge in [-0.05, 0) is 25.6 Å². The molecule has 2 rings (SSSR count). The molecule has 0 aliphatic heterocycles. The Morgan fingerprint density at radius 2 is 2.05 bits per heavy atom. The van der Waals surface area contributed by atoms with Crippen molar-refractivity contribution < 1.29 is 8.78 Å². The van der Waals surface area contributed by atoms with Crippen molar-refractivity contribution in [1.82, 2.24) is 14.9 Å². The monoisotopic (exact) mass is 265 g/mol. The third-order valence-electron chi connectivity index (χ3n) is 3.31. The van der Waals surface area contributed by atoms with E-state index in [9.17, 15) is 8.78 Å². The third-order valence-corrected chi connectivity index (χ3v) is 3.31. The van der Waals surface area contributed by atoms with Crippen LogP contribution in [0.25, 0.3) is 0 Å². The fraction of sp³-hybridized carbons (Fsp3) is 0.357. The predicted octanol–water partition coefficient (Wildman–Crippen LogP) is 2.51. The molecular formula is C14H17F2N3. The number of rotatable bonds is 4. The molecule has 1 unspecified atom stereocenters. The molecule has 102 valence electrons. The normalized spacial score (nSPS) is 12.7. The molecule has 19 heavy (non-hydrogen) atoms. The molecule has 3 nitrogen and oxygen atoms in total. The summed E-state index contributed by atoms with van der Waals surface area (Å²) in [6.07, 6.45) is 4.09. The van der Waals surface area contributed by atoms with Crippen LogP contribution in [0.15, 0.2) is 24.5 Å². The largest absolute Gasteiger partial charge is 0.338 e. The number of aromatic nitrogens is 2. The second-order valence-corrected chi connectivity index (χ2v) is 4.62. The summed E-state index contributed by atoms with van der Waals surface area (Å²) < 4.78 is 29.1. The van der Waals surface area contributed by atoms with Crippen LogP contribution in [0.2, 0.25) is 0 Å². The van der Waals surface area contributed by atoms with Crippen molar-refractivity contribution in [2.75, 3.05) is 7.05 Å². The van der Waals surface area contributed by atoms with Crippen LogP contribution >= 0.6 is 0 Å². The first-order valence-electron chi connectivity index (χ1n) is 6.12. The molecule has 0 aliphatic rings. The lowest BCUT2D eigenvalue weighted by atomic mass is 10.0. The van der Waals surface area contributed by atoms with Gasteiger partial charge in [-0.3, -0.25) is 0 Å². The van der Waals surface area contributed by atoms with Crippen LogP contribution in [0.4, 0.5) is 8.78 Å². The highest BCUT2D eigenvalue weighted by atomic mass is 19.1. The first-order valence-corrected chi connectivity index (χ1v) is 6.12. The van der Waals surface area contributed by atoms with Crippen molar-refractivity contribution in [1.29, 1.82) is 0 Å². The molecule has 0 amide bonds. The number of halogens is 2. The average molecular weight is 265 g/mol. The highest BCUT2D eigenvalue weighted by Crippen LogP contribution is 2.23. The fourth-order valence-corrected chi connectivity index (χ4v) is 2.09. The summed E-state index contributed by atoms with van der Waals surface area (Å²) in [5.41, 5.74) is 0.904. The van der Waals surface area contributed by atoms with Crippen molar-refractivity contribution in [3.63, 3.8) is 0 Å². The van der Waals surface area contributed by atoms with Gasteiger partial charge in [0.1, 0.15) is 17.5 Å². The summed E-state index contributed by atoms with van der Waals surface area (Å²) in [5.74, 6) is -0.203. The van der Waals surface area contributed by atoms with Crippen molar-refractivity contribution in [2.45, 2.75) is 19.4 Å². The fourth-order valence-electron chi connectivity index (χ4n) is 2.09. The van der Waals surface area contributed by atoms with Crippen LogP contribution in [0.5, 0.6) is 0 Å². The maximum absolute atomic E-state index is 13.9. The summed E-state index contributed by atoms with van der Waals surface area (Å²) in [6.45, 7) is 1.63. The number of aryl methyl sites for hydroxylation is 2. The summed E-state index contributed by atoms with van der Waals surface area (Å²) in [6, 6.07) is 2.25. The summed E-state index contributed by atoms with van der Waals surface area (Å²) >= 11 is 0. The van der Waals surface area contributed by atoms with E-state index in [-0.39, 0.29) is 6.04 Å². The zero-order valence-electron chi connectivity index (χ0n) is 11.2. The highest BCUT2D eigenvalue weighted by molar-refractivity contribution is 5.29. The first kappa shape index (κ1) is 13.7. The quantitative estimate of drug-likeness (QED) is 0.920. The molecule has 1 N–H and O–H groups in total. The van der Waals surface area contributed by atoms with Crippen LogP contribution in [-0.4, -0.2) is 16.6 Å². The topological polar surface area (TPSA) is 29.9 Å². The Hall–Kier alpha value is -1.75. The van der Waals surface area contributed by atoms with Crippen molar-refractivity contribution in [2.24, 2.45) is 7.05 Å². The minimum absolute atomic E-state index is 0.236. The molecule has 1 atom stereocenters. The number of likely N-dealkylation sites (N-methyl/N-ethyl adjacent to an activating group) is 1. The Kier molecular flexibility index (Phi) is 3.95. The van der Waals surface area contributed by atoms with Gasteiger partial charge in [-0.25, -0.2) is 13.8 Å². The molecule has 5 heteroatoms. The zero-order chi connectivity index (χ0) is 14.0. The van der Waals surface area contributed by atoms with Crippen molar-refractivity contribution in [3.05, 3.63) is 53.1 Å². The number of hydrogen-bond acceptors (Lipinski definition) is 2. The second kappa shape index (κ2) is 5.48. The molecule has 0 spiro atoms. The number of nitrogens with one attached hydrogen (secondary N) is 1. The van der Waals surface area contributed by atoms with Gasteiger partial charge in [-0.15, -0.1) is 0 Å². The van der Waals surface area contributed by atoms with Gasteiger partial charge >= 0.3 is 0 Å². The standard InChI is InChI=1S/C14H17F2N3/c1-9-6-10(12(16)7-11(9)15)13(17-2)8-14-18-4-5-19(14)3/h4-7,13,17H,8H2,1-3H3. The zero-order valence-corrected chi connectivity index (χ0v) is 11.2. The van der Waals surface area contributed by atoms with E-state index in [1.54, 1.807) is 26.2 Å². The van der Waals surface area contributed by atoms with Crippen molar-refractivity contribution in [3.8, 4) is 0 Å². The van der Waals surface area contributed by atoms with E-state index < -0.39 is 11.6 Å². The lowest BCUT2D eigenvalue weighted by Gasteiger charge is -2.18. The Morgan fingerprint density at radius 1 is 1.32 bits per heavy atom. The van der Waals surface area contributed by atoms with E-state index in [0.717, 1.165) is 11.9 Å². The highest BCUT2D eigenvalue weighted by Gasteiger charge is 2.18. The maximum atomic E-state index is 13.9. The van der Waals surface area contributed by atoms with Crippen LogP contribution in [0.3, 0.4) is 0 Å². The molecule has 1 aromatic carbocycles. The van der Waals surface area contributed by atoms with Gasteiger partial charge in [0.15, 0.2) is 0 Å². The lowest BCUT2D eigenvalue weighted by Crippen LogP contribution is -2.22. The molecule has 1 heterocycles. The predicted molar refractivity (Wildman–Crippen MR) is 69.8 cm³/mol. The van der Waals surface area contributed by atoms with E-state index in [1.807, 2.05) is 17.8 Å². The van der Waals surface area contributed by atoms with E-state index in [0.29, 0.717) is 17.5 Å². The third kappa shape index (κ3) is 2.81. The minimum atomic E-state index is -0.531. The Morgan fingerprint density at radius 3 is 2.63 bits per heavy atom. The number of nitrogens with zero attached hydrogens (tertiary/aromatic N) is 2. The molecule has 0 bridgehead atoms. The summed E-state index contributed by atoms with van der Waals surface area (Å²) in [4.78, 5) is 4.23. The van der Waals surface area contributed by atoms with Gasteiger partial charge in [0, 0.05) is 43.5 Å². The van der Waals surface area contributed by atoms with E-state index >= 15 is 0 Å². The van der Waals surface area contributed by atoms with Gasteiger partial charge in [0.05, 0.1) is 0 Å². The van der Waals surface area contributed by atoms with Crippen LogP contribution in [0, 0.1) is 18.6 Å². The first-order chi connectivity index (χ1) is 9.02. The average Bonchev–Trinajstić information content (AvgIpc) is 2.77. The Bertz CT molecular complexity index is 578. The maximum Gasteiger partial charge on any atom is 0.130 e. The summed E-state index contributed by atoms with van der Waals surface area (Å²) in [7, 11) is 3.65. The smallest absolute Gasteiger partial charge is 0.130 e. The lowest BCUT2D eigenvalue weighted by molar-refractivity contribution is 0.508.